The van der Waals surface area contributed by atoms with Crippen molar-refractivity contribution in [1.29, 1.82) is 0 Å². The van der Waals surface area contributed by atoms with Gasteiger partial charge >= 0.3 is 0 Å². The number of carbonyl (C=O) groups excluding carboxylic acids is 1. The van der Waals surface area contributed by atoms with Gasteiger partial charge in [0.2, 0.25) is 0 Å². The summed E-state index contributed by atoms with van der Waals surface area (Å²) in [7, 11) is 0. The van der Waals surface area contributed by atoms with Crippen molar-refractivity contribution in [1.82, 2.24) is 14.5 Å². The minimum atomic E-state index is 0.0540. The van der Waals surface area contributed by atoms with Gasteiger partial charge < -0.3 is 9.64 Å². The second kappa shape index (κ2) is 7.13. The Morgan fingerprint density at radius 1 is 1.12 bits per heavy atom. The summed E-state index contributed by atoms with van der Waals surface area (Å²) in [5.74, 6) is 0.964. The van der Waals surface area contributed by atoms with Crippen LogP contribution in [0.5, 0.6) is 0 Å². The van der Waals surface area contributed by atoms with Crippen LogP contribution >= 0.6 is 11.8 Å². The molecule has 2 aromatic carbocycles. The van der Waals surface area contributed by atoms with E-state index in [9.17, 15) is 4.79 Å². The lowest BCUT2D eigenvalue weighted by atomic mass is 10.1. The summed E-state index contributed by atoms with van der Waals surface area (Å²) in [6.07, 6.45) is 2.07. The third kappa shape index (κ3) is 3.10. The number of hydrogen-bond donors (Lipinski definition) is 0. The van der Waals surface area contributed by atoms with Crippen molar-refractivity contribution in [3.05, 3.63) is 53.9 Å². The van der Waals surface area contributed by atoms with E-state index in [1.165, 1.54) is 4.90 Å². The number of amides is 1. The molecule has 26 heavy (non-hydrogen) atoms. The number of imidazole rings is 1. The summed E-state index contributed by atoms with van der Waals surface area (Å²) in [6.45, 7) is 4.49. The molecule has 1 fully saturated rings. The van der Waals surface area contributed by atoms with Gasteiger partial charge in [0.25, 0.3) is 5.91 Å². The smallest absolute Gasteiger partial charge is 0.254 e. The first-order valence-electron chi connectivity index (χ1n) is 8.68. The van der Waals surface area contributed by atoms with Crippen LogP contribution in [0.4, 0.5) is 0 Å². The van der Waals surface area contributed by atoms with Crippen LogP contribution in [0, 0.1) is 6.92 Å². The minimum absolute atomic E-state index is 0.0540. The van der Waals surface area contributed by atoms with E-state index in [2.05, 4.69) is 40.1 Å². The highest BCUT2D eigenvalue weighted by Crippen LogP contribution is 2.25. The van der Waals surface area contributed by atoms with Crippen molar-refractivity contribution in [2.45, 2.75) is 11.8 Å². The molecule has 2 heterocycles. The molecular formula is C20H21N3O2S. The Kier molecular flexibility index (Phi) is 4.70. The molecule has 134 valence electrons. The van der Waals surface area contributed by atoms with Crippen molar-refractivity contribution < 1.29 is 9.53 Å². The van der Waals surface area contributed by atoms with E-state index in [-0.39, 0.29) is 5.91 Å². The number of morpholine rings is 1. The summed E-state index contributed by atoms with van der Waals surface area (Å²) < 4.78 is 7.45. The number of hydrogen-bond acceptors (Lipinski definition) is 4. The molecule has 1 saturated heterocycles. The SMILES string of the molecule is CSc1ccc(-n2c(C)nc3ccc(C(=O)N4CCOCC4)cc32)cc1. The van der Waals surface area contributed by atoms with Crippen LogP contribution in [0.2, 0.25) is 0 Å². The standard InChI is InChI=1S/C20H21N3O2S/c1-14-21-18-8-3-15(20(24)22-9-11-25-12-10-22)13-19(18)23(14)16-4-6-17(26-2)7-5-16/h3-8,13H,9-12H2,1-2H3. The topological polar surface area (TPSA) is 47.4 Å². The van der Waals surface area contributed by atoms with Gasteiger partial charge in [-0.3, -0.25) is 9.36 Å². The average Bonchev–Trinajstić information content (AvgIpc) is 3.03. The first kappa shape index (κ1) is 17.1. The molecule has 0 aliphatic carbocycles. The third-order valence-corrected chi connectivity index (χ3v) is 5.44. The molecule has 1 aromatic heterocycles. The molecule has 0 radical (unpaired) electrons. The molecule has 1 aliphatic rings. The number of nitrogens with zero attached hydrogens (tertiary/aromatic N) is 3. The van der Waals surface area contributed by atoms with Gasteiger partial charge in [-0.05, 0) is 55.6 Å². The molecule has 0 atom stereocenters. The molecule has 3 aromatic rings. The zero-order chi connectivity index (χ0) is 18.1. The van der Waals surface area contributed by atoms with Crippen molar-refractivity contribution in [3.63, 3.8) is 0 Å². The minimum Gasteiger partial charge on any atom is -0.378 e. The number of rotatable bonds is 3. The fourth-order valence-corrected chi connectivity index (χ4v) is 3.74. The van der Waals surface area contributed by atoms with Crippen LogP contribution < -0.4 is 0 Å². The van der Waals surface area contributed by atoms with Gasteiger partial charge in [-0.2, -0.15) is 0 Å². The molecule has 0 bridgehead atoms. The molecule has 6 heteroatoms. The monoisotopic (exact) mass is 367 g/mol. The molecule has 0 unspecified atom stereocenters. The number of ether oxygens (including phenoxy) is 1. The van der Waals surface area contributed by atoms with Crippen LogP contribution in [0.15, 0.2) is 47.4 Å². The quantitative estimate of drug-likeness (QED) is 0.665. The number of aryl methyl sites for hydroxylation is 1. The summed E-state index contributed by atoms with van der Waals surface area (Å²) in [5, 5.41) is 0. The summed E-state index contributed by atoms with van der Waals surface area (Å²) in [6, 6.07) is 14.2. The highest BCUT2D eigenvalue weighted by atomic mass is 32.2. The molecule has 4 rings (SSSR count). The van der Waals surface area contributed by atoms with E-state index < -0.39 is 0 Å². The van der Waals surface area contributed by atoms with E-state index >= 15 is 0 Å². The van der Waals surface area contributed by atoms with E-state index in [0.29, 0.717) is 31.9 Å². The van der Waals surface area contributed by atoms with E-state index in [4.69, 9.17) is 4.74 Å². The molecule has 0 saturated carbocycles. The number of aromatic nitrogens is 2. The van der Waals surface area contributed by atoms with Crippen molar-refractivity contribution in [3.8, 4) is 5.69 Å². The first-order chi connectivity index (χ1) is 12.7. The maximum Gasteiger partial charge on any atom is 0.254 e. The second-order valence-electron chi connectivity index (χ2n) is 6.30. The van der Waals surface area contributed by atoms with E-state index in [1.807, 2.05) is 30.0 Å². The Hall–Kier alpha value is -2.31. The third-order valence-electron chi connectivity index (χ3n) is 4.70. The van der Waals surface area contributed by atoms with Gasteiger partial charge in [-0.15, -0.1) is 11.8 Å². The number of carbonyl (C=O) groups is 1. The van der Waals surface area contributed by atoms with Gasteiger partial charge in [-0.1, -0.05) is 0 Å². The molecule has 0 N–H and O–H groups in total. The fourth-order valence-electron chi connectivity index (χ4n) is 3.33. The van der Waals surface area contributed by atoms with Gasteiger partial charge in [-0.25, -0.2) is 4.98 Å². The molecule has 1 amide bonds. The summed E-state index contributed by atoms with van der Waals surface area (Å²) in [4.78, 5) is 20.6. The normalized spacial score (nSPS) is 14.8. The Morgan fingerprint density at radius 2 is 1.85 bits per heavy atom. The van der Waals surface area contributed by atoms with E-state index in [1.54, 1.807) is 11.8 Å². The van der Waals surface area contributed by atoms with Crippen LogP contribution in [-0.4, -0.2) is 52.9 Å². The Balaban J connectivity index is 1.75. The van der Waals surface area contributed by atoms with Crippen LogP contribution in [0.1, 0.15) is 16.2 Å². The van der Waals surface area contributed by atoms with Gasteiger partial charge in [0.1, 0.15) is 5.82 Å². The zero-order valence-electron chi connectivity index (χ0n) is 14.9. The maximum atomic E-state index is 12.8. The van der Waals surface area contributed by atoms with Crippen LogP contribution in [0.25, 0.3) is 16.7 Å². The van der Waals surface area contributed by atoms with E-state index in [0.717, 1.165) is 22.5 Å². The van der Waals surface area contributed by atoms with Crippen LogP contribution in [0.3, 0.4) is 0 Å². The Morgan fingerprint density at radius 3 is 2.54 bits per heavy atom. The molecule has 1 aliphatic heterocycles. The largest absolute Gasteiger partial charge is 0.378 e. The van der Waals surface area contributed by atoms with Gasteiger partial charge in [0, 0.05) is 29.2 Å². The van der Waals surface area contributed by atoms with Gasteiger partial charge in [0.05, 0.1) is 24.2 Å². The molecular weight excluding hydrogens is 346 g/mol. The lowest BCUT2D eigenvalue weighted by Crippen LogP contribution is -2.40. The van der Waals surface area contributed by atoms with Gasteiger partial charge in [0.15, 0.2) is 0 Å². The average molecular weight is 367 g/mol. The summed E-state index contributed by atoms with van der Waals surface area (Å²) >= 11 is 1.72. The zero-order valence-corrected chi connectivity index (χ0v) is 15.8. The number of thioether (sulfide) groups is 1. The molecule has 5 nitrogen and oxygen atoms in total. The summed E-state index contributed by atoms with van der Waals surface area (Å²) in [5.41, 5.74) is 3.61. The number of benzene rings is 2. The Bertz CT molecular complexity index is 944. The lowest BCUT2D eigenvalue weighted by molar-refractivity contribution is 0.0303. The molecule has 0 spiro atoms. The van der Waals surface area contributed by atoms with Crippen molar-refractivity contribution in [2.24, 2.45) is 0 Å². The maximum absolute atomic E-state index is 12.8. The predicted octanol–water partition coefficient (Wildman–Crippen LogP) is 3.53. The van der Waals surface area contributed by atoms with Crippen LogP contribution in [-0.2, 0) is 4.74 Å². The predicted molar refractivity (Wildman–Crippen MR) is 104 cm³/mol. The van der Waals surface area contributed by atoms with Crippen molar-refractivity contribution >= 4 is 28.7 Å². The van der Waals surface area contributed by atoms with Crippen molar-refractivity contribution in [2.75, 3.05) is 32.6 Å². The Labute approximate surface area is 157 Å². The fraction of sp³-hybridized carbons (Fsp3) is 0.300. The first-order valence-corrected chi connectivity index (χ1v) is 9.90. The lowest BCUT2D eigenvalue weighted by Gasteiger charge is -2.26. The number of fused-ring (bicyclic) bond motifs is 1. The second-order valence-corrected chi connectivity index (χ2v) is 7.18. The highest BCUT2D eigenvalue weighted by Gasteiger charge is 2.20. The highest BCUT2D eigenvalue weighted by molar-refractivity contribution is 7.98.